The number of anilines is 4. The van der Waals surface area contributed by atoms with Crippen molar-refractivity contribution in [2.45, 2.75) is 26.8 Å². The molecule has 0 unspecified atom stereocenters. The van der Waals surface area contributed by atoms with Gasteiger partial charge in [0.1, 0.15) is 12.0 Å². The van der Waals surface area contributed by atoms with Gasteiger partial charge in [-0.3, -0.25) is 0 Å². The van der Waals surface area contributed by atoms with Crippen LogP contribution in [0.3, 0.4) is 0 Å². The lowest BCUT2D eigenvalue weighted by atomic mass is 10.2. The van der Waals surface area contributed by atoms with Crippen molar-refractivity contribution in [2.24, 2.45) is 0 Å². The molecule has 3 N–H and O–H groups in total. The third-order valence-corrected chi connectivity index (χ3v) is 4.19. The molecule has 7 heteroatoms. The number of aryl methyl sites for hydroxylation is 2. The van der Waals surface area contributed by atoms with Gasteiger partial charge in [0.2, 0.25) is 0 Å². The van der Waals surface area contributed by atoms with Crippen LogP contribution in [0.25, 0.3) is 0 Å². The maximum Gasteiger partial charge on any atom is 0.161 e. The van der Waals surface area contributed by atoms with E-state index in [1.54, 1.807) is 12.5 Å². The fraction of sp³-hybridized carbons (Fsp3) is 0.316. The van der Waals surface area contributed by atoms with Crippen LogP contribution in [0, 0.1) is 6.92 Å². The molecular formula is C19H25N7. The number of rotatable bonds is 8. The van der Waals surface area contributed by atoms with Gasteiger partial charge in [-0.05, 0) is 38.0 Å². The van der Waals surface area contributed by atoms with Crippen LogP contribution < -0.4 is 16.0 Å². The van der Waals surface area contributed by atoms with Crippen molar-refractivity contribution >= 4 is 23.0 Å². The van der Waals surface area contributed by atoms with Gasteiger partial charge < -0.3 is 20.5 Å². The first-order chi connectivity index (χ1) is 12.7. The van der Waals surface area contributed by atoms with Gasteiger partial charge in [-0.15, -0.1) is 0 Å². The van der Waals surface area contributed by atoms with Gasteiger partial charge in [0.15, 0.2) is 11.6 Å². The van der Waals surface area contributed by atoms with Gasteiger partial charge in [-0.25, -0.2) is 15.0 Å². The van der Waals surface area contributed by atoms with E-state index in [1.165, 1.54) is 5.56 Å². The molecule has 1 aromatic carbocycles. The van der Waals surface area contributed by atoms with Gasteiger partial charge in [-0.1, -0.05) is 12.1 Å². The lowest BCUT2D eigenvalue weighted by molar-refractivity contribution is 0.660. The van der Waals surface area contributed by atoms with Gasteiger partial charge in [0, 0.05) is 37.7 Å². The first kappa shape index (κ1) is 17.7. The summed E-state index contributed by atoms with van der Waals surface area (Å²) < 4.78 is 2.05. The second-order valence-corrected chi connectivity index (χ2v) is 6.12. The minimum Gasteiger partial charge on any atom is -0.393 e. The van der Waals surface area contributed by atoms with Crippen molar-refractivity contribution in [3.63, 3.8) is 0 Å². The van der Waals surface area contributed by atoms with Gasteiger partial charge >= 0.3 is 0 Å². The number of nitrogens with one attached hydrogen (secondary N) is 1. The van der Waals surface area contributed by atoms with Gasteiger partial charge in [0.25, 0.3) is 0 Å². The molecule has 0 saturated carbocycles. The number of nitrogens with two attached hydrogens (primary N) is 1. The number of benzene rings is 1. The smallest absolute Gasteiger partial charge is 0.161 e. The van der Waals surface area contributed by atoms with E-state index in [9.17, 15) is 0 Å². The number of imidazole rings is 1. The zero-order chi connectivity index (χ0) is 18.4. The monoisotopic (exact) mass is 351 g/mol. The molecule has 3 rings (SSSR count). The second-order valence-electron chi connectivity index (χ2n) is 6.12. The highest BCUT2D eigenvalue weighted by Gasteiger charge is 2.15. The molecule has 0 radical (unpaired) electrons. The van der Waals surface area contributed by atoms with E-state index in [0.717, 1.165) is 37.6 Å². The zero-order valence-electron chi connectivity index (χ0n) is 15.3. The molecule has 0 aliphatic heterocycles. The lowest BCUT2D eigenvalue weighted by Gasteiger charge is -2.24. The third-order valence-electron chi connectivity index (χ3n) is 4.19. The van der Waals surface area contributed by atoms with Crippen LogP contribution in [0.2, 0.25) is 0 Å². The summed E-state index contributed by atoms with van der Waals surface area (Å²) in [5.41, 5.74) is 9.21. The fourth-order valence-electron chi connectivity index (χ4n) is 2.88. The fourth-order valence-corrected chi connectivity index (χ4v) is 2.88. The van der Waals surface area contributed by atoms with Crippen LogP contribution in [0.5, 0.6) is 0 Å². The molecule has 3 aromatic rings. The topological polar surface area (TPSA) is 84.9 Å². The average molecular weight is 351 g/mol. The standard InChI is InChI=1S/C19H25N7/c1-3-26(16-7-4-6-15(2)12-16)19-17(20)18(23-13-24-19)22-8-5-10-25-11-9-21-14-25/h4,6-7,9,11-14H,3,5,8,10,20H2,1-2H3,(H,22,23,24). The van der Waals surface area contributed by atoms with Crippen LogP contribution in [0.1, 0.15) is 18.9 Å². The van der Waals surface area contributed by atoms with E-state index in [4.69, 9.17) is 5.73 Å². The van der Waals surface area contributed by atoms with Gasteiger partial charge in [-0.2, -0.15) is 0 Å². The number of hydrogen-bond acceptors (Lipinski definition) is 6. The van der Waals surface area contributed by atoms with E-state index in [1.807, 2.05) is 23.2 Å². The molecule has 0 bridgehead atoms. The highest BCUT2D eigenvalue weighted by atomic mass is 15.2. The molecule has 0 fully saturated rings. The molecule has 0 atom stereocenters. The largest absolute Gasteiger partial charge is 0.393 e. The molecule has 26 heavy (non-hydrogen) atoms. The molecule has 7 nitrogen and oxygen atoms in total. The van der Waals surface area contributed by atoms with E-state index in [0.29, 0.717) is 11.5 Å². The number of hydrogen-bond donors (Lipinski definition) is 2. The summed E-state index contributed by atoms with van der Waals surface area (Å²) in [6.45, 7) is 6.60. The molecule has 0 saturated heterocycles. The Balaban J connectivity index is 1.71. The first-order valence-corrected chi connectivity index (χ1v) is 8.83. The van der Waals surface area contributed by atoms with Crippen molar-refractivity contribution in [3.8, 4) is 0 Å². The first-order valence-electron chi connectivity index (χ1n) is 8.83. The Labute approximate surface area is 153 Å². The SMILES string of the molecule is CCN(c1cccc(C)c1)c1ncnc(NCCCn2ccnc2)c1N. The van der Waals surface area contributed by atoms with Crippen molar-refractivity contribution in [1.82, 2.24) is 19.5 Å². The molecule has 136 valence electrons. The van der Waals surface area contributed by atoms with E-state index < -0.39 is 0 Å². The number of aromatic nitrogens is 4. The minimum atomic E-state index is 0.568. The second kappa shape index (κ2) is 8.33. The molecule has 0 aliphatic carbocycles. The number of nitrogens with zero attached hydrogens (tertiary/aromatic N) is 5. The Morgan fingerprint density at radius 3 is 2.88 bits per heavy atom. The maximum atomic E-state index is 6.37. The van der Waals surface area contributed by atoms with Crippen molar-refractivity contribution < 1.29 is 0 Å². The highest BCUT2D eigenvalue weighted by molar-refractivity contribution is 5.79. The Morgan fingerprint density at radius 2 is 2.15 bits per heavy atom. The highest BCUT2D eigenvalue weighted by Crippen LogP contribution is 2.31. The normalized spacial score (nSPS) is 10.7. The Morgan fingerprint density at radius 1 is 1.27 bits per heavy atom. The van der Waals surface area contributed by atoms with E-state index in [2.05, 4.69) is 57.2 Å². The summed E-state index contributed by atoms with van der Waals surface area (Å²) in [5.74, 6) is 1.40. The van der Waals surface area contributed by atoms with Crippen LogP contribution in [0.4, 0.5) is 23.0 Å². The molecule has 2 heterocycles. The third kappa shape index (κ3) is 4.11. The summed E-state index contributed by atoms with van der Waals surface area (Å²) in [5, 5.41) is 3.32. The van der Waals surface area contributed by atoms with Crippen LogP contribution in [-0.2, 0) is 6.54 Å². The lowest BCUT2D eigenvalue weighted by Crippen LogP contribution is -2.20. The quantitative estimate of drug-likeness (QED) is 0.606. The molecule has 0 aliphatic rings. The predicted molar refractivity (Wildman–Crippen MR) is 106 cm³/mol. The molecular weight excluding hydrogens is 326 g/mol. The summed E-state index contributed by atoms with van der Waals surface area (Å²) in [6.07, 6.45) is 8.07. The average Bonchev–Trinajstić information content (AvgIpc) is 3.15. The van der Waals surface area contributed by atoms with Crippen molar-refractivity contribution in [3.05, 3.63) is 54.9 Å². The van der Waals surface area contributed by atoms with E-state index in [-0.39, 0.29) is 0 Å². The summed E-state index contributed by atoms with van der Waals surface area (Å²) >= 11 is 0. The number of nitrogen functional groups attached to an aromatic ring is 1. The zero-order valence-corrected chi connectivity index (χ0v) is 15.3. The summed E-state index contributed by atoms with van der Waals surface area (Å²) in [4.78, 5) is 14.9. The Bertz CT molecular complexity index is 830. The van der Waals surface area contributed by atoms with Gasteiger partial charge in [0.05, 0.1) is 6.33 Å². The minimum absolute atomic E-state index is 0.568. The van der Waals surface area contributed by atoms with Crippen LogP contribution in [-0.4, -0.2) is 32.6 Å². The summed E-state index contributed by atoms with van der Waals surface area (Å²) in [7, 11) is 0. The van der Waals surface area contributed by atoms with Crippen molar-refractivity contribution in [1.29, 1.82) is 0 Å². The molecule has 2 aromatic heterocycles. The summed E-state index contributed by atoms with van der Waals surface area (Å²) in [6, 6.07) is 8.31. The predicted octanol–water partition coefficient (Wildman–Crippen LogP) is 3.22. The Kier molecular flexibility index (Phi) is 5.68. The van der Waals surface area contributed by atoms with Crippen LogP contribution in [0.15, 0.2) is 49.3 Å². The molecule has 0 amide bonds. The van der Waals surface area contributed by atoms with Crippen molar-refractivity contribution in [2.75, 3.05) is 29.0 Å². The van der Waals surface area contributed by atoms with Crippen LogP contribution >= 0.6 is 0 Å². The Hall–Kier alpha value is -3.09. The van der Waals surface area contributed by atoms with E-state index >= 15 is 0 Å². The maximum absolute atomic E-state index is 6.37. The molecule has 0 spiro atoms.